The molecule has 2 aromatic carbocycles. The van der Waals surface area contributed by atoms with E-state index in [1.54, 1.807) is 16.7 Å². The monoisotopic (exact) mass is 433 g/mol. The van der Waals surface area contributed by atoms with E-state index in [1.165, 1.54) is 5.56 Å². The topological polar surface area (TPSA) is 63.8 Å². The number of hydrogen-bond acceptors (Lipinski definition) is 2. The van der Waals surface area contributed by atoms with Gasteiger partial charge in [0.25, 0.3) is 5.91 Å². The molecule has 28 heavy (non-hydrogen) atoms. The molecule has 4 nitrogen and oxygen atoms in total. The predicted molar refractivity (Wildman–Crippen MR) is 118 cm³/mol. The highest BCUT2D eigenvalue weighted by Crippen LogP contribution is 2.33. The number of benzene rings is 2. The quantitative estimate of drug-likeness (QED) is 0.467. The minimum atomic E-state index is -0.543. The first-order chi connectivity index (χ1) is 13.2. The number of aryl methyl sites for hydroxylation is 2. The average Bonchev–Trinajstić information content (AvgIpc) is 2.98. The number of primary amides is 1. The zero-order valence-electron chi connectivity index (χ0n) is 15.8. The number of rotatable bonds is 5. The van der Waals surface area contributed by atoms with Gasteiger partial charge in [0.2, 0.25) is 0 Å². The first kappa shape index (κ1) is 20.6. The maximum atomic E-state index is 12.4. The van der Waals surface area contributed by atoms with Gasteiger partial charge in [-0.05, 0) is 67.4 Å². The molecule has 7 heteroatoms. The van der Waals surface area contributed by atoms with Gasteiger partial charge in [0.15, 0.2) is 4.77 Å². The normalized spacial score (nSPS) is 12.2. The van der Waals surface area contributed by atoms with Gasteiger partial charge < -0.3 is 15.3 Å². The summed E-state index contributed by atoms with van der Waals surface area (Å²) in [5.74, 6) is -0.543. The van der Waals surface area contributed by atoms with E-state index in [0.29, 0.717) is 32.6 Å². The molecule has 0 saturated carbocycles. The fourth-order valence-electron chi connectivity index (χ4n) is 3.38. The van der Waals surface area contributed by atoms with E-state index in [9.17, 15) is 4.79 Å². The third kappa shape index (κ3) is 3.75. The minimum Gasteiger partial charge on any atom is -0.364 e. The Hall–Kier alpha value is -2.08. The lowest BCUT2D eigenvalue weighted by molar-refractivity contribution is 0.0990. The average molecular weight is 434 g/mol. The number of amides is 1. The first-order valence-corrected chi connectivity index (χ1v) is 10.1. The molecule has 3 N–H and O–H groups in total. The van der Waals surface area contributed by atoms with Gasteiger partial charge in [-0.3, -0.25) is 4.79 Å². The lowest BCUT2D eigenvalue weighted by Crippen LogP contribution is -2.21. The molecular formula is C21H21Cl2N3OS. The molecular weight excluding hydrogens is 413 g/mol. The van der Waals surface area contributed by atoms with Crippen LogP contribution in [0.15, 0.2) is 36.4 Å². The Bertz CT molecular complexity index is 1120. The summed E-state index contributed by atoms with van der Waals surface area (Å²) in [5, 5.41) is 0.929. The van der Waals surface area contributed by atoms with Crippen LogP contribution in [0, 0.1) is 18.6 Å². The van der Waals surface area contributed by atoms with Crippen LogP contribution in [-0.2, 0) is 0 Å². The van der Waals surface area contributed by atoms with E-state index < -0.39 is 5.91 Å². The van der Waals surface area contributed by atoms with Crippen LogP contribution < -0.4 is 5.73 Å². The van der Waals surface area contributed by atoms with Gasteiger partial charge in [-0.25, -0.2) is 0 Å². The van der Waals surface area contributed by atoms with Crippen molar-refractivity contribution in [3.05, 3.63) is 73.6 Å². The van der Waals surface area contributed by atoms with Gasteiger partial charge in [0, 0.05) is 5.56 Å². The third-order valence-electron chi connectivity index (χ3n) is 4.98. The first-order valence-electron chi connectivity index (χ1n) is 8.91. The summed E-state index contributed by atoms with van der Waals surface area (Å²) in [4.78, 5) is 15.6. The highest BCUT2D eigenvalue weighted by atomic mass is 35.5. The SMILES string of the molecule is CCC(c1ccc(Cl)c(Cl)c1)n1c(C(N)=O)c(-c2ccc(C)c(C)c2)[nH]c1=S. The second-order valence-corrected chi connectivity index (χ2v) is 7.99. The fraction of sp³-hybridized carbons (Fsp3) is 0.238. The van der Waals surface area contributed by atoms with E-state index in [0.717, 1.165) is 16.7 Å². The molecule has 146 valence electrons. The van der Waals surface area contributed by atoms with E-state index in [1.807, 2.05) is 45.0 Å². The Balaban J connectivity index is 2.24. The van der Waals surface area contributed by atoms with E-state index in [4.69, 9.17) is 41.2 Å². The van der Waals surface area contributed by atoms with Crippen molar-refractivity contribution >= 4 is 41.3 Å². The van der Waals surface area contributed by atoms with Crippen LogP contribution in [0.4, 0.5) is 0 Å². The molecule has 0 spiro atoms. The Labute approximate surface area is 179 Å². The Kier molecular flexibility index (Phi) is 5.98. The van der Waals surface area contributed by atoms with Gasteiger partial charge >= 0.3 is 0 Å². The molecule has 0 aliphatic heterocycles. The lowest BCUT2D eigenvalue weighted by atomic mass is 10.0. The van der Waals surface area contributed by atoms with E-state index in [2.05, 4.69) is 4.98 Å². The number of nitrogens with one attached hydrogen (secondary N) is 1. The number of imidazole rings is 1. The van der Waals surface area contributed by atoms with Gasteiger partial charge in [-0.2, -0.15) is 0 Å². The van der Waals surface area contributed by atoms with Crippen molar-refractivity contribution in [1.29, 1.82) is 0 Å². The molecule has 1 aromatic heterocycles. The summed E-state index contributed by atoms with van der Waals surface area (Å²) in [6, 6.07) is 11.2. The summed E-state index contributed by atoms with van der Waals surface area (Å²) in [7, 11) is 0. The summed E-state index contributed by atoms with van der Waals surface area (Å²) >= 11 is 17.9. The Morgan fingerprint density at radius 3 is 2.43 bits per heavy atom. The van der Waals surface area contributed by atoms with Gasteiger partial charge in [0.05, 0.1) is 21.8 Å². The number of carbonyl (C=O) groups excluding carboxylic acids is 1. The summed E-state index contributed by atoms with van der Waals surface area (Å²) < 4.78 is 2.21. The van der Waals surface area contributed by atoms with Crippen LogP contribution in [0.2, 0.25) is 10.0 Å². The van der Waals surface area contributed by atoms with Gasteiger partial charge in [0.1, 0.15) is 5.69 Å². The molecule has 0 fully saturated rings. The standard InChI is InChI=1S/C21H21Cl2N3OS/c1-4-17(13-7-8-15(22)16(23)10-13)26-19(20(24)27)18(25-21(26)28)14-6-5-11(2)12(3)9-14/h5-10,17H,4H2,1-3H3,(H2,24,27)(H,25,28). The number of hydrogen-bond donors (Lipinski definition) is 2. The Morgan fingerprint density at radius 2 is 1.86 bits per heavy atom. The van der Waals surface area contributed by atoms with Crippen LogP contribution in [0.1, 0.15) is 46.6 Å². The molecule has 3 aromatic rings. The molecule has 0 saturated heterocycles. The van der Waals surface area contributed by atoms with Crippen molar-refractivity contribution in [3.63, 3.8) is 0 Å². The van der Waals surface area contributed by atoms with Gasteiger partial charge in [-0.1, -0.05) is 48.3 Å². The van der Waals surface area contributed by atoms with Crippen molar-refractivity contribution in [2.24, 2.45) is 5.73 Å². The molecule has 3 rings (SSSR count). The number of aromatic nitrogens is 2. The minimum absolute atomic E-state index is 0.207. The zero-order chi connectivity index (χ0) is 20.6. The van der Waals surface area contributed by atoms with Crippen molar-refractivity contribution in [2.45, 2.75) is 33.2 Å². The molecule has 0 aliphatic carbocycles. The summed E-state index contributed by atoms with van der Waals surface area (Å²) in [6.07, 6.45) is 0.691. The number of carbonyl (C=O) groups is 1. The number of aromatic amines is 1. The summed E-state index contributed by atoms with van der Waals surface area (Å²) in [5.41, 5.74) is 10.8. The third-order valence-corrected chi connectivity index (χ3v) is 6.02. The number of nitrogens with zero attached hydrogens (tertiary/aromatic N) is 1. The van der Waals surface area contributed by atoms with Crippen molar-refractivity contribution in [2.75, 3.05) is 0 Å². The molecule has 1 heterocycles. The molecule has 0 aliphatic rings. The fourth-order valence-corrected chi connectivity index (χ4v) is 4.01. The van der Waals surface area contributed by atoms with E-state index in [-0.39, 0.29) is 6.04 Å². The van der Waals surface area contributed by atoms with Crippen LogP contribution in [0.3, 0.4) is 0 Å². The second-order valence-electron chi connectivity index (χ2n) is 6.78. The number of halogens is 2. The molecule has 1 atom stereocenters. The highest BCUT2D eigenvalue weighted by Gasteiger charge is 2.24. The van der Waals surface area contributed by atoms with Crippen LogP contribution in [0.25, 0.3) is 11.3 Å². The molecule has 1 unspecified atom stereocenters. The number of H-pyrrole nitrogens is 1. The second kappa shape index (κ2) is 8.11. The zero-order valence-corrected chi connectivity index (χ0v) is 18.2. The molecule has 0 radical (unpaired) electrons. The van der Waals surface area contributed by atoms with Crippen molar-refractivity contribution < 1.29 is 4.79 Å². The van der Waals surface area contributed by atoms with Crippen molar-refractivity contribution in [3.8, 4) is 11.3 Å². The smallest absolute Gasteiger partial charge is 0.267 e. The van der Waals surface area contributed by atoms with Crippen LogP contribution >= 0.6 is 35.4 Å². The van der Waals surface area contributed by atoms with Crippen LogP contribution in [0.5, 0.6) is 0 Å². The number of nitrogens with two attached hydrogens (primary N) is 1. The largest absolute Gasteiger partial charge is 0.364 e. The highest BCUT2D eigenvalue weighted by molar-refractivity contribution is 7.71. The van der Waals surface area contributed by atoms with E-state index >= 15 is 0 Å². The van der Waals surface area contributed by atoms with Crippen LogP contribution in [-0.4, -0.2) is 15.5 Å². The molecule has 1 amide bonds. The lowest BCUT2D eigenvalue weighted by Gasteiger charge is -2.20. The summed E-state index contributed by atoms with van der Waals surface area (Å²) in [6.45, 7) is 6.08. The maximum absolute atomic E-state index is 12.4. The van der Waals surface area contributed by atoms with Crippen molar-refractivity contribution in [1.82, 2.24) is 9.55 Å². The Morgan fingerprint density at radius 1 is 1.14 bits per heavy atom. The van der Waals surface area contributed by atoms with Gasteiger partial charge in [-0.15, -0.1) is 0 Å². The maximum Gasteiger partial charge on any atom is 0.267 e. The predicted octanol–water partition coefficient (Wildman–Crippen LogP) is 6.23. The molecule has 0 bridgehead atoms.